The van der Waals surface area contributed by atoms with Crippen molar-refractivity contribution in [2.75, 3.05) is 17.9 Å². The maximum Gasteiger partial charge on any atom is 0.516 e. The Morgan fingerprint density at radius 1 is 1.26 bits per heavy atom. The third kappa shape index (κ3) is 4.13. The van der Waals surface area contributed by atoms with Gasteiger partial charge in [0.2, 0.25) is 0 Å². The lowest BCUT2D eigenvalue weighted by Crippen LogP contribution is -2.38. The Labute approximate surface area is 131 Å². The Kier molecular flexibility index (Phi) is 4.89. The molecular formula is C11H13F3N2O5S2. The molecular weight excluding hydrogens is 361 g/mol. The van der Waals surface area contributed by atoms with Gasteiger partial charge in [-0.15, -0.1) is 0 Å². The molecule has 1 fully saturated rings. The Hall–Kier alpha value is -1.37. The average Bonchev–Trinajstić information content (AvgIpc) is 2.41. The van der Waals surface area contributed by atoms with Gasteiger partial charge in [-0.1, -0.05) is 18.2 Å². The first-order valence-corrected chi connectivity index (χ1v) is 9.19. The van der Waals surface area contributed by atoms with Gasteiger partial charge in [-0.2, -0.15) is 34.3 Å². The van der Waals surface area contributed by atoms with Gasteiger partial charge in [0.1, 0.15) is 0 Å². The lowest BCUT2D eigenvalue weighted by atomic mass is 10.2. The maximum atomic E-state index is 12.5. The summed E-state index contributed by atoms with van der Waals surface area (Å²) in [5.41, 5.74) is -5.74. The fourth-order valence-corrected chi connectivity index (χ4v) is 3.63. The molecule has 0 amide bonds. The van der Waals surface area contributed by atoms with Crippen LogP contribution in [0.4, 0.5) is 18.9 Å². The van der Waals surface area contributed by atoms with E-state index in [1.165, 1.54) is 22.9 Å². The van der Waals surface area contributed by atoms with Crippen molar-refractivity contribution >= 4 is 26.0 Å². The third-order valence-electron chi connectivity index (χ3n) is 3.01. The van der Waals surface area contributed by atoms with Crippen molar-refractivity contribution in [2.24, 2.45) is 0 Å². The van der Waals surface area contributed by atoms with Crippen LogP contribution in [0.5, 0.6) is 0 Å². The molecule has 1 saturated heterocycles. The van der Waals surface area contributed by atoms with Crippen molar-refractivity contribution in [3.63, 3.8) is 0 Å². The Bertz CT molecular complexity index is 777. The number of nitrogens with one attached hydrogen (secondary N) is 1. The number of nitrogens with zero attached hydrogens (tertiary/aromatic N) is 1. The second-order valence-electron chi connectivity index (χ2n) is 4.68. The number of rotatable bonds is 4. The van der Waals surface area contributed by atoms with Crippen LogP contribution in [0, 0.1) is 0 Å². The highest BCUT2D eigenvalue weighted by Gasteiger charge is 2.46. The van der Waals surface area contributed by atoms with Crippen molar-refractivity contribution < 1.29 is 34.2 Å². The molecule has 2 rings (SSSR count). The maximum absolute atomic E-state index is 12.5. The minimum atomic E-state index is -5.59. The molecule has 0 spiro atoms. The van der Waals surface area contributed by atoms with Gasteiger partial charge in [-0.3, -0.25) is 8.91 Å². The lowest BCUT2D eigenvalue weighted by Gasteiger charge is -2.26. The minimum absolute atomic E-state index is 0.0290. The number of hydrogen-bond acceptors (Lipinski definition) is 5. The summed E-state index contributed by atoms with van der Waals surface area (Å²) in [6.07, 6.45) is 0.426. The number of benzene rings is 1. The highest BCUT2D eigenvalue weighted by molar-refractivity contribution is 7.93. The van der Waals surface area contributed by atoms with Gasteiger partial charge in [-0.25, -0.2) is 0 Å². The highest BCUT2D eigenvalue weighted by atomic mass is 32.2. The molecule has 1 heterocycles. The zero-order chi connectivity index (χ0) is 17.3. The van der Waals surface area contributed by atoms with Gasteiger partial charge < -0.3 is 0 Å². The molecule has 0 aliphatic carbocycles. The first-order chi connectivity index (χ1) is 10.5. The summed E-state index contributed by atoms with van der Waals surface area (Å²) in [6.45, 7) is -0.150. The molecule has 130 valence electrons. The molecule has 0 saturated carbocycles. The highest BCUT2D eigenvalue weighted by Crippen LogP contribution is 2.28. The zero-order valence-electron chi connectivity index (χ0n) is 11.6. The largest absolute Gasteiger partial charge is 0.516 e. The van der Waals surface area contributed by atoms with Crippen molar-refractivity contribution in [3.05, 3.63) is 29.8 Å². The molecule has 1 aliphatic rings. The quantitative estimate of drug-likeness (QED) is 0.860. The summed E-state index contributed by atoms with van der Waals surface area (Å²) in [5, 5.41) is 0. The van der Waals surface area contributed by atoms with E-state index in [-0.39, 0.29) is 30.9 Å². The first kappa shape index (κ1) is 18.0. The second-order valence-corrected chi connectivity index (χ2v) is 7.96. The van der Waals surface area contributed by atoms with Crippen molar-refractivity contribution in [1.29, 1.82) is 0 Å². The summed E-state index contributed by atoms with van der Waals surface area (Å²) >= 11 is 0. The van der Waals surface area contributed by atoms with Crippen molar-refractivity contribution in [3.8, 4) is 0 Å². The van der Waals surface area contributed by atoms with Crippen LogP contribution in [0.2, 0.25) is 0 Å². The number of hydrogen-bond donors (Lipinski definition) is 1. The standard InChI is InChI=1S/C11H13F3N2O5S2/c12-11(13,14)22(17,18)15-10-5-2-1-4-9(10)8-16-6-3-7-21-23(16,19)20/h1-2,4-5,15H,3,6-8H2. The van der Waals surface area contributed by atoms with E-state index >= 15 is 0 Å². The van der Waals surface area contributed by atoms with Crippen LogP contribution in [0.15, 0.2) is 24.3 Å². The molecule has 0 aromatic heterocycles. The molecule has 1 aromatic carbocycles. The monoisotopic (exact) mass is 374 g/mol. The van der Waals surface area contributed by atoms with Crippen LogP contribution in [0.25, 0.3) is 0 Å². The van der Waals surface area contributed by atoms with Gasteiger partial charge in [0.25, 0.3) is 0 Å². The zero-order valence-corrected chi connectivity index (χ0v) is 13.2. The van der Waals surface area contributed by atoms with Crippen LogP contribution in [-0.2, 0) is 31.1 Å². The van der Waals surface area contributed by atoms with Crippen LogP contribution in [0.1, 0.15) is 12.0 Å². The van der Waals surface area contributed by atoms with Gasteiger partial charge in [-0.05, 0) is 18.1 Å². The number of para-hydroxylation sites is 1. The van der Waals surface area contributed by atoms with Gasteiger partial charge in [0.15, 0.2) is 0 Å². The van der Waals surface area contributed by atoms with E-state index in [1.807, 2.05) is 0 Å². The Morgan fingerprint density at radius 2 is 1.91 bits per heavy atom. The van der Waals surface area contributed by atoms with Crippen molar-refractivity contribution in [1.82, 2.24) is 4.31 Å². The summed E-state index contributed by atoms with van der Waals surface area (Å²) in [6, 6.07) is 5.24. The molecule has 7 nitrogen and oxygen atoms in total. The predicted octanol–water partition coefficient (Wildman–Crippen LogP) is 1.42. The molecule has 12 heteroatoms. The van der Waals surface area contributed by atoms with E-state index in [1.54, 1.807) is 0 Å². The van der Waals surface area contributed by atoms with Crippen LogP contribution in [0.3, 0.4) is 0 Å². The average molecular weight is 374 g/mol. The number of sulfonamides is 1. The van der Waals surface area contributed by atoms with Crippen LogP contribution < -0.4 is 4.72 Å². The van der Waals surface area contributed by atoms with E-state index in [0.717, 1.165) is 10.4 Å². The Balaban J connectivity index is 2.28. The lowest BCUT2D eigenvalue weighted by molar-refractivity contribution is -0.0429. The summed E-state index contributed by atoms with van der Waals surface area (Å²) in [5.74, 6) is 0. The topological polar surface area (TPSA) is 92.8 Å². The fourth-order valence-electron chi connectivity index (χ4n) is 1.90. The predicted molar refractivity (Wildman–Crippen MR) is 74.9 cm³/mol. The summed E-state index contributed by atoms with van der Waals surface area (Å²) in [4.78, 5) is 0. The smallest absolute Gasteiger partial charge is 0.276 e. The van der Waals surface area contributed by atoms with E-state index < -0.39 is 25.8 Å². The van der Waals surface area contributed by atoms with Gasteiger partial charge >= 0.3 is 25.8 Å². The number of alkyl halides is 3. The molecule has 0 bridgehead atoms. The van der Waals surface area contributed by atoms with E-state index in [2.05, 4.69) is 4.18 Å². The normalized spacial score (nSPS) is 19.4. The minimum Gasteiger partial charge on any atom is -0.276 e. The SMILES string of the molecule is O=S1(=O)OCCCN1Cc1ccccc1NS(=O)(=O)C(F)(F)F. The first-order valence-electron chi connectivity index (χ1n) is 6.34. The van der Waals surface area contributed by atoms with Gasteiger partial charge in [0, 0.05) is 13.1 Å². The molecule has 1 N–H and O–H groups in total. The molecule has 1 aromatic rings. The summed E-state index contributed by atoms with van der Waals surface area (Å²) in [7, 11) is -9.57. The molecule has 0 atom stereocenters. The summed E-state index contributed by atoms with van der Waals surface area (Å²) < 4.78 is 90.2. The van der Waals surface area contributed by atoms with Crippen LogP contribution >= 0.6 is 0 Å². The van der Waals surface area contributed by atoms with E-state index in [9.17, 15) is 30.0 Å². The fraction of sp³-hybridized carbons (Fsp3) is 0.455. The molecule has 0 unspecified atom stereocenters. The van der Waals surface area contributed by atoms with E-state index in [4.69, 9.17) is 0 Å². The second kappa shape index (κ2) is 6.26. The van der Waals surface area contributed by atoms with Crippen molar-refractivity contribution in [2.45, 2.75) is 18.5 Å². The molecule has 23 heavy (non-hydrogen) atoms. The molecule has 1 aliphatic heterocycles. The third-order valence-corrected chi connectivity index (χ3v) is 5.52. The van der Waals surface area contributed by atoms with E-state index in [0.29, 0.717) is 6.42 Å². The Morgan fingerprint density at radius 3 is 2.52 bits per heavy atom. The number of anilines is 1. The number of halogens is 3. The van der Waals surface area contributed by atoms with Crippen LogP contribution in [-0.4, -0.2) is 39.8 Å². The molecule has 0 radical (unpaired) electrons. The van der Waals surface area contributed by atoms with Gasteiger partial charge in [0.05, 0.1) is 12.3 Å².